The van der Waals surface area contributed by atoms with Gasteiger partial charge in [-0.05, 0) is 40.8 Å². The number of alkyl halides is 6. The van der Waals surface area contributed by atoms with Gasteiger partial charge in [0.05, 0.1) is 5.52 Å². The number of hydrogen-bond acceptors (Lipinski definition) is 3. The number of benzene rings is 1. The first-order valence-corrected chi connectivity index (χ1v) is 6.90. The molecular formula is C13H5F6IN2O. The van der Waals surface area contributed by atoms with E-state index in [2.05, 4.69) is 9.72 Å². The van der Waals surface area contributed by atoms with E-state index in [-0.39, 0.29) is 10.9 Å². The summed E-state index contributed by atoms with van der Waals surface area (Å²) in [5, 5.41) is 8.83. The molecule has 0 N–H and O–H groups in total. The van der Waals surface area contributed by atoms with Gasteiger partial charge in [0.1, 0.15) is 17.4 Å². The summed E-state index contributed by atoms with van der Waals surface area (Å²) < 4.78 is 80.8. The maximum atomic E-state index is 12.7. The molecular weight excluding hydrogens is 441 g/mol. The van der Waals surface area contributed by atoms with Crippen LogP contribution in [0.1, 0.15) is 5.56 Å². The van der Waals surface area contributed by atoms with Crippen LogP contribution in [0.2, 0.25) is 0 Å². The molecule has 0 fully saturated rings. The maximum Gasteiger partial charge on any atom is 0.434 e. The summed E-state index contributed by atoms with van der Waals surface area (Å²) in [6.07, 6.45) is -14.5. The number of ether oxygens (including phenoxy) is 1. The molecule has 0 radical (unpaired) electrons. The molecule has 3 nitrogen and oxygen atoms in total. The molecule has 0 spiro atoms. The summed E-state index contributed by atoms with van der Waals surface area (Å²) in [7, 11) is 0. The van der Waals surface area contributed by atoms with Gasteiger partial charge in [0, 0.05) is 15.2 Å². The van der Waals surface area contributed by atoms with Gasteiger partial charge >= 0.3 is 12.4 Å². The van der Waals surface area contributed by atoms with Crippen molar-refractivity contribution < 1.29 is 31.1 Å². The van der Waals surface area contributed by atoms with E-state index < -0.39 is 29.8 Å². The molecule has 10 heteroatoms. The Kier molecular flexibility index (Phi) is 4.61. The van der Waals surface area contributed by atoms with Crippen LogP contribution >= 0.6 is 22.6 Å². The fourth-order valence-corrected chi connectivity index (χ4v) is 2.28. The number of aromatic nitrogens is 1. The first-order chi connectivity index (χ1) is 10.5. The first kappa shape index (κ1) is 17.6. The van der Waals surface area contributed by atoms with Crippen molar-refractivity contribution in [2.75, 3.05) is 0 Å². The van der Waals surface area contributed by atoms with Crippen molar-refractivity contribution in [2.45, 2.75) is 18.5 Å². The van der Waals surface area contributed by atoms with Gasteiger partial charge in [-0.1, -0.05) is 0 Å². The Morgan fingerprint density at radius 1 is 1.13 bits per heavy atom. The van der Waals surface area contributed by atoms with E-state index in [9.17, 15) is 26.3 Å². The fourth-order valence-electron chi connectivity index (χ4n) is 1.78. The number of pyridine rings is 1. The Labute approximate surface area is 139 Å². The quantitative estimate of drug-likeness (QED) is 0.502. The Balaban J connectivity index is 2.66. The number of nitrogens with zero attached hydrogens (tertiary/aromatic N) is 2. The highest BCUT2D eigenvalue weighted by Crippen LogP contribution is 2.39. The van der Waals surface area contributed by atoms with Gasteiger partial charge in [0.15, 0.2) is 0 Å². The Morgan fingerprint density at radius 3 is 2.26 bits per heavy atom. The van der Waals surface area contributed by atoms with E-state index in [1.807, 2.05) is 22.6 Å². The average molecular weight is 446 g/mol. The zero-order valence-electron chi connectivity index (χ0n) is 10.8. The Bertz CT molecular complexity index is 767. The van der Waals surface area contributed by atoms with Crippen LogP contribution in [0, 0.1) is 14.9 Å². The van der Waals surface area contributed by atoms with Crippen molar-refractivity contribution in [3.8, 4) is 11.8 Å². The number of fused-ring (bicyclic) bond motifs is 1. The molecule has 0 aliphatic rings. The third-order valence-corrected chi connectivity index (χ3v) is 3.40. The second-order valence-electron chi connectivity index (χ2n) is 4.36. The molecule has 122 valence electrons. The van der Waals surface area contributed by atoms with Crippen LogP contribution in [0.4, 0.5) is 26.3 Å². The third-order valence-electron chi connectivity index (χ3n) is 2.73. The largest absolute Gasteiger partial charge is 0.469 e. The monoisotopic (exact) mass is 446 g/mol. The van der Waals surface area contributed by atoms with E-state index >= 15 is 0 Å². The van der Waals surface area contributed by atoms with E-state index in [1.54, 1.807) is 6.07 Å². The topological polar surface area (TPSA) is 45.9 Å². The lowest BCUT2D eigenvalue weighted by Crippen LogP contribution is -2.46. The standard InChI is InChI=1S/C13H5F6IN2O/c14-12(15,16)11(13(17,18)19)23-10-6(4-21)5-22-9-2-1-7(20)3-8(9)10/h1-3,5,11H. The first-order valence-electron chi connectivity index (χ1n) is 5.82. The zero-order chi connectivity index (χ0) is 17.4. The Morgan fingerprint density at radius 2 is 1.74 bits per heavy atom. The molecule has 1 aromatic heterocycles. The van der Waals surface area contributed by atoms with Crippen molar-refractivity contribution in [3.05, 3.63) is 33.5 Å². The normalized spacial score (nSPS) is 12.5. The van der Waals surface area contributed by atoms with Crippen LogP contribution in [0.25, 0.3) is 10.9 Å². The van der Waals surface area contributed by atoms with Crippen molar-refractivity contribution in [3.63, 3.8) is 0 Å². The molecule has 1 aromatic carbocycles. The van der Waals surface area contributed by atoms with E-state index in [0.717, 1.165) is 6.20 Å². The van der Waals surface area contributed by atoms with Crippen LogP contribution < -0.4 is 4.74 Å². The van der Waals surface area contributed by atoms with Crippen molar-refractivity contribution in [1.82, 2.24) is 4.98 Å². The third kappa shape index (κ3) is 3.77. The minimum Gasteiger partial charge on any atom is -0.469 e. The number of halogens is 7. The molecule has 2 rings (SSSR count). The molecule has 0 atom stereocenters. The van der Waals surface area contributed by atoms with Gasteiger partial charge in [0.25, 0.3) is 6.10 Å². The lowest BCUT2D eigenvalue weighted by Gasteiger charge is -2.24. The summed E-state index contributed by atoms with van der Waals surface area (Å²) in [6.45, 7) is 0. The van der Waals surface area contributed by atoms with Gasteiger partial charge in [-0.25, -0.2) is 0 Å². The second-order valence-corrected chi connectivity index (χ2v) is 5.60. The fraction of sp³-hybridized carbons (Fsp3) is 0.231. The summed E-state index contributed by atoms with van der Waals surface area (Å²) >= 11 is 1.82. The predicted molar refractivity (Wildman–Crippen MR) is 75.7 cm³/mol. The van der Waals surface area contributed by atoms with Crippen LogP contribution in [0.15, 0.2) is 24.4 Å². The Hall–Kier alpha value is -1.77. The average Bonchev–Trinajstić information content (AvgIpc) is 2.41. The molecule has 0 aliphatic heterocycles. The van der Waals surface area contributed by atoms with Gasteiger partial charge in [-0.2, -0.15) is 31.6 Å². The van der Waals surface area contributed by atoms with Gasteiger partial charge < -0.3 is 4.74 Å². The highest BCUT2D eigenvalue weighted by Gasteiger charge is 2.59. The summed E-state index contributed by atoms with van der Waals surface area (Å²) in [5.74, 6) is -0.796. The lowest BCUT2D eigenvalue weighted by molar-refractivity contribution is -0.299. The zero-order valence-corrected chi connectivity index (χ0v) is 13.0. The molecule has 0 unspecified atom stereocenters. The van der Waals surface area contributed by atoms with E-state index in [1.165, 1.54) is 18.2 Å². The second kappa shape index (κ2) is 6.03. The number of rotatable bonds is 2. The molecule has 0 amide bonds. The molecule has 0 saturated heterocycles. The van der Waals surface area contributed by atoms with Crippen LogP contribution in [0.5, 0.6) is 5.75 Å². The molecule has 23 heavy (non-hydrogen) atoms. The SMILES string of the molecule is N#Cc1cnc2ccc(I)cc2c1OC(C(F)(F)F)C(F)(F)F. The van der Waals surface area contributed by atoms with Crippen molar-refractivity contribution in [1.29, 1.82) is 5.26 Å². The van der Waals surface area contributed by atoms with Crippen LogP contribution in [-0.4, -0.2) is 23.4 Å². The molecule has 0 saturated carbocycles. The van der Waals surface area contributed by atoms with Crippen molar-refractivity contribution in [2.24, 2.45) is 0 Å². The number of hydrogen-bond donors (Lipinski definition) is 0. The predicted octanol–water partition coefficient (Wildman–Crippen LogP) is 4.58. The van der Waals surface area contributed by atoms with E-state index in [0.29, 0.717) is 3.57 Å². The van der Waals surface area contributed by atoms with Crippen LogP contribution in [-0.2, 0) is 0 Å². The number of nitriles is 1. The minimum atomic E-state index is -5.68. The highest BCUT2D eigenvalue weighted by atomic mass is 127. The summed E-state index contributed by atoms with van der Waals surface area (Å²) in [4.78, 5) is 3.82. The summed E-state index contributed by atoms with van der Waals surface area (Å²) in [6, 6.07) is 5.76. The van der Waals surface area contributed by atoms with Gasteiger partial charge in [-0.3, -0.25) is 4.98 Å². The smallest absolute Gasteiger partial charge is 0.434 e. The molecule has 0 aliphatic carbocycles. The minimum absolute atomic E-state index is 0.102. The molecule has 0 bridgehead atoms. The molecule has 2 aromatic rings. The van der Waals surface area contributed by atoms with Crippen molar-refractivity contribution >= 4 is 33.5 Å². The highest BCUT2D eigenvalue weighted by molar-refractivity contribution is 14.1. The van der Waals surface area contributed by atoms with Gasteiger partial charge in [-0.15, -0.1) is 0 Å². The lowest BCUT2D eigenvalue weighted by atomic mass is 10.1. The van der Waals surface area contributed by atoms with Crippen LogP contribution in [0.3, 0.4) is 0 Å². The maximum absolute atomic E-state index is 12.7. The van der Waals surface area contributed by atoms with E-state index in [4.69, 9.17) is 5.26 Å². The van der Waals surface area contributed by atoms with Gasteiger partial charge in [0.2, 0.25) is 0 Å². The summed E-state index contributed by atoms with van der Waals surface area (Å²) in [5.41, 5.74) is -0.402. The molecule has 1 heterocycles.